The van der Waals surface area contributed by atoms with Crippen LogP contribution in [0.1, 0.15) is 28.1 Å². The maximum Gasteiger partial charge on any atom is 0.264 e. The van der Waals surface area contributed by atoms with Crippen LogP contribution < -0.4 is 0 Å². The zero-order valence-electron chi connectivity index (χ0n) is 15.4. The van der Waals surface area contributed by atoms with Gasteiger partial charge in [-0.2, -0.15) is 0 Å². The Kier molecular flexibility index (Phi) is 4.34. The van der Waals surface area contributed by atoms with Crippen LogP contribution in [0.2, 0.25) is 0 Å². The average Bonchev–Trinajstić information content (AvgIpc) is 2.96. The number of benzene rings is 1. The van der Waals surface area contributed by atoms with Gasteiger partial charge in [-0.15, -0.1) is 11.3 Å². The molecule has 0 unspecified atom stereocenters. The van der Waals surface area contributed by atoms with Gasteiger partial charge in [0.25, 0.3) is 5.91 Å². The molecular formula is C20H27N3OS. The van der Waals surface area contributed by atoms with E-state index in [-0.39, 0.29) is 11.4 Å². The number of amides is 1. The third-order valence-electron chi connectivity index (χ3n) is 6.24. The predicted molar refractivity (Wildman–Crippen MR) is 105 cm³/mol. The third-order valence-corrected chi connectivity index (χ3v) is 7.50. The van der Waals surface area contributed by atoms with E-state index in [0.717, 1.165) is 56.0 Å². The molecule has 0 atom stereocenters. The summed E-state index contributed by atoms with van der Waals surface area (Å²) in [5.41, 5.74) is 1.30. The second-order valence-electron chi connectivity index (χ2n) is 7.73. The fraction of sp³-hybridized carbons (Fsp3) is 0.550. The highest BCUT2D eigenvalue weighted by Crippen LogP contribution is 2.35. The summed E-state index contributed by atoms with van der Waals surface area (Å²) in [6.45, 7) is 7.00. The van der Waals surface area contributed by atoms with Gasteiger partial charge in [0.05, 0.1) is 4.88 Å². The minimum absolute atomic E-state index is 0.158. The van der Waals surface area contributed by atoms with Gasteiger partial charge < -0.3 is 9.80 Å². The number of fused-ring (bicyclic) bond motifs is 1. The summed E-state index contributed by atoms with van der Waals surface area (Å²) in [4.78, 5) is 21.2. The van der Waals surface area contributed by atoms with Crippen molar-refractivity contribution in [1.82, 2.24) is 14.7 Å². The van der Waals surface area contributed by atoms with Gasteiger partial charge in [-0.05, 0) is 64.0 Å². The summed E-state index contributed by atoms with van der Waals surface area (Å²) in [5.74, 6) is 0.227. The smallest absolute Gasteiger partial charge is 0.264 e. The van der Waals surface area contributed by atoms with Gasteiger partial charge in [0, 0.05) is 29.9 Å². The highest BCUT2D eigenvalue weighted by Gasteiger charge is 2.43. The monoisotopic (exact) mass is 357 g/mol. The van der Waals surface area contributed by atoms with E-state index in [1.165, 1.54) is 10.1 Å². The van der Waals surface area contributed by atoms with E-state index in [1.54, 1.807) is 11.3 Å². The lowest BCUT2D eigenvalue weighted by molar-refractivity contribution is -0.0168. The number of thiophene rings is 1. The molecule has 1 amide bonds. The molecule has 2 saturated heterocycles. The molecule has 2 aromatic rings. The van der Waals surface area contributed by atoms with Crippen molar-refractivity contribution in [3.05, 3.63) is 34.7 Å². The lowest BCUT2D eigenvalue weighted by Gasteiger charge is -2.52. The molecule has 3 heterocycles. The minimum Gasteiger partial charge on any atom is -0.335 e. The van der Waals surface area contributed by atoms with Crippen molar-refractivity contribution < 1.29 is 4.79 Å². The Morgan fingerprint density at radius 3 is 2.52 bits per heavy atom. The molecule has 0 radical (unpaired) electrons. The van der Waals surface area contributed by atoms with Crippen LogP contribution in [0.5, 0.6) is 0 Å². The molecular weight excluding hydrogens is 330 g/mol. The summed E-state index contributed by atoms with van der Waals surface area (Å²) >= 11 is 1.65. The SMILES string of the molecule is Cc1c(C(=O)N2CCN(C)C3(CCN(C)CC3)C2)sc2ccccc12. The molecule has 25 heavy (non-hydrogen) atoms. The summed E-state index contributed by atoms with van der Waals surface area (Å²) in [6, 6.07) is 8.35. The van der Waals surface area contributed by atoms with Crippen molar-refractivity contribution in [1.29, 1.82) is 0 Å². The summed E-state index contributed by atoms with van der Waals surface area (Å²) in [5, 5.41) is 1.22. The van der Waals surface area contributed by atoms with Crippen LogP contribution in [0.3, 0.4) is 0 Å². The summed E-state index contributed by atoms with van der Waals surface area (Å²) in [6.07, 6.45) is 2.30. The minimum atomic E-state index is 0.158. The van der Waals surface area contributed by atoms with Crippen LogP contribution in [0, 0.1) is 6.92 Å². The summed E-state index contributed by atoms with van der Waals surface area (Å²) < 4.78 is 1.21. The molecule has 0 bridgehead atoms. The van der Waals surface area contributed by atoms with E-state index in [4.69, 9.17) is 0 Å². The number of hydrogen-bond donors (Lipinski definition) is 0. The Bertz CT molecular complexity index is 791. The molecule has 0 saturated carbocycles. The van der Waals surface area contributed by atoms with Gasteiger partial charge in [0.1, 0.15) is 0 Å². The molecule has 1 aromatic heterocycles. The zero-order valence-corrected chi connectivity index (χ0v) is 16.2. The topological polar surface area (TPSA) is 26.8 Å². The lowest BCUT2D eigenvalue weighted by atomic mass is 9.84. The van der Waals surface area contributed by atoms with E-state index in [9.17, 15) is 4.79 Å². The van der Waals surface area contributed by atoms with Gasteiger partial charge in [-0.1, -0.05) is 18.2 Å². The van der Waals surface area contributed by atoms with E-state index in [2.05, 4.69) is 60.0 Å². The number of rotatable bonds is 1. The Morgan fingerprint density at radius 2 is 1.80 bits per heavy atom. The molecule has 0 N–H and O–H groups in total. The first kappa shape index (κ1) is 17.0. The number of piperidine rings is 1. The number of likely N-dealkylation sites (tertiary alicyclic amines) is 1. The normalized spacial score (nSPS) is 22.0. The quantitative estimate of drug-likeness (QED) is 0.785. The van der Waals surface area contributed by atoms with E-state index in [0.29, 0.717) is 0 Å². The number of carbonyl (C=O) groups excluding carboxylic acids is 1. The molecule has 4 nitrogen and oxygen atoms in total. The zero-order chi connectivity index (χ0) is 17.6. The van der Waals surface area contributed by atoms with Crippen LogP contribution in [-0.4, -0.2) is 73.0 Å². The molecule has 2 fully saturated rings. The summed E-state index contributed by atoms with van der Waals surface area (Å²) in [7, 11) is 4.43. The van der Waals surface area contributed by atoms with Crippen LogP contribution in [0.4, 0.5) is 0 Å². The molecule has 2 aliphatic rings. The maximum absolute atomic E-state index is 13.3. The van der Waals surface area contributed by atoms with Crippen molar-refractivity contribution in [2.75, 3.05) is 46.8 Å². The number of nitrogens with zero attached hydrogens (tertiary/aromatic N) is 3. The number of aryl methyl sites for hydroxylation is 1. The van der Waals surface area contributed by atoms with Gasteiger partial charge in [0.2, 0.25) is 0 Å². The standard InChI is InChI=1S/C20H27N3OS/c1-15-16-6-4-5-7-17(16)25-18(15)19(24)23-13-12-22(3)20(14-23)8-10-21(2)11-9-20/h4-7H,8-14H2,1-3H3. The number of carbonyl (C=O) groups is 1. The van der Waals surface area contributed by atoms with Crippen LogP contribution in [0.25, 0.3) is 10.1 Å². The van der Waals surface area contributed by atoms with Gasteiger partial charge in [-0.3, -0.25) is 9.69 Å². The van der Waals surface area contributed by atoms with Crippen molar-refractivity contribution in [3.8, 4) is 0 Å². The second kappa shape index (κ2) is 6.38. The Balaban J connectivity index is 1.60. The fourth-order valence-corrected chi connectivity index (χ4v) is 5.51. The van der Waals surface area contributed by atoms with Gasteiger partial charge in [-0.25, -0.2) is 0 Å². The van der Waals surface area contributed by atoms with E-state index < -0.39 is 0 Å². The first-order valence-corrected chi connectivity index (χ1v) is 9.99. The number of piperazine rings is 1. The Hall–Kier alpha value is -1.43. The molecule has 5 heteroatoms. The first-order valence-electron chi connectivity index (χ1n) is 9.17. The molecule has 0 aliphatic carbocycles. The molecule has 1 spiro atoms. The van der Waals surface area contributed by atoms with E-state index >= 15 is 0 Å². The second-order valence-corrected chi connectivity index (χ2v) is 8.78. The highest BCUT2D eigenvalue weighted by atomic mass is 32.1. The molecule has 134 valence electrons. The predicted octanol–water partition coefficient (Wildman–Crippen LogP) is 3.06. The Labute approximate surface area is 154 Å². The van der Waals surface area contributed by atoms with E-state index in [1.807, 2.05) is 0 Å². The number of likely N-dealkylation sites (N-methyl/N-ethyl adjacent to an activating group) is 1. The molecule has 4 rings (SSSR count). The Morgan fingerprint density at radius 1 is 1.08 bits per heavy atom. The highest BCUT2D eigenvalue weighted by molar-refractivity contribution is 7.21. The molecule has 1 aromatic carbocycles. The van der Waals surface area contributed by atoms with Gasteiger partial charge >= 0.3 is 0 Å². The van der Waals surface area contributed by atoms with Gasteiger partial charge in [0.15, 0.2) is 0 Å². The lowest BCUT2D eigenvalue weighted by Crippen LogP contribution is -2.64. The van der Waals surface area contributed by atoms with Crippen LogP contribution in [0.15, 0.2) is 24.3 Å². The first-order chi connectivity index (χ1) is 12.0. The van der Waals surface area contributed by atoms with Crippen molar-refractivity contribution in [2.45, 2.75) is 25.3 Å². The average molecular weight is 358 g/mol. The third kappa shape index (κ3) is 2.88. The largest absolute Gasteiger partial charge is 0.335 e. The van der Waals surface area contributed by atoms with Crippen LogP contribution in [-0.2, 0) is 0 Å². The molecule has 2 aliphatic heterocycles. The van der Waals surface area contributed by atoms with Crippen molar-refractivity contribution in [2.24, 2.45) is 0 Å². The van der Waals surface area contributed by atoms with Crippen LogP contribution >= 0.6 is 11.3 Å². The van der Waals surface area contributed by atoms with Crippen molar-refractivity contribution in [3.63, 3.8) is 0 Å². The maximum atomic E-state index is 13.3. The fourth-order valence-electron chi connectivity index (χ4n) is 4.33. The number of hydrogen-bond acceptors (Lipinski definition) is 4. The van der Waals surface area contributed by atoms with Crippen molar-refractivity contribution >= 4 is 27.3 Å².